The van der Waals surface area contributed by atoms with E-state index < -0.39 is 41.4 Å². The molecule has 1 aromatic heterocycles. The molecule has 0 aliphatic heterocycles. The lowest BCUT2D eigenvalue weighted by atomic mass is 9.96. The van der Waals surface area contributed by atoms with Crippen molar-refractivity contribution < 1.29 is 37.3 Å². The van der Waals surface area contributed by atoms with Gasteiger partial charge in [0.15, 0.2) is 5.69 Å². The van der Waals surface area contributed by atoms with Crippen molar-refractivity contribution in [1.82, 2.24) is 9.97 Å². The molecule has 1 aromatic carbocycles. The van der Waals surface area contributed by atoms with E-state index in [2.05, 4.69) is 14.7 Å². The van der Waals surface area contributed by atoms with Gasteiger partial charge in [-0.05, 0) is 19.9 Å². The molecule has 0 saturated heterocycles. The molecule has 0 aliphatic carbocycles. The van der Waals surface area contributed by atoms with Gasteiger partial charge >= 0.3 is 18.2 Å². The van der Waals surface area contributed by atoms with Gasteiger partial charge in [0.2, 0.25) is 5.78 Å². The summed E-state index contributed by atoms with van der Waals surface area (Å²) in [6, 6.07) is 5.42. The molecule has 0 unspecified atom stereocenters. The number of benzene rings is 1. The molecule has 1 N–H and O–H groups in total. The molecule has 29 heavy (non-hydrogen) atoms. The van der Waals surface area contributed by atoms with E-state index in [-0.39, 0.29) is 16.7 Å². The molecular weight excluding hydrogens is 393 g/mol. The summed E-state index contributed by atoms with van der Waals surface area (Å²) < 4.78 is 49.3. The first-order valence-electron chi connectivity index (χ1n) is 8.28. The monoisotopic (exact) mass is 410 g/mol. The second-order valence-electron chi connectivity index (χ2n) is 5.99. The van der Waals surface area contributed by atoms with Gasteiger partial charge in [0.05, 0.1) is 19.5 Å². The summed E-state index contributed by atoms with van der Waals surface area (Å²) in [5.41, 5.74) is -2.49. The number of nitrogens with zero attached hydrogens (tertiary/aromatic N) is 2. The smallest absolute Gasteiger partial charge is 0.433 e. The number of carbonyl (C=O) groups excluding carboxylic acids is 2. The lowest BCUT2D eigenvalue weighted by Crippen LogP contribution is -2.17. The minimum Gasteiger partial charge on any atom is -0.515 e. The second kappa shape index (κ2) is 8.72. The van der Waals surface area contributed by atoms with E-state index in [1.54, 1.807) is 13.8 Å². The van der Waals surface area contributed by atoms with Crippen LogP contribution in [0.15, 0.2) is 36.6 Å². The first kappa shape index (κ1) is 21.9. The molecule has 0 aliphatic rings. The fraction of sp³-hybridized carbons (Fsp3) is 0.263. The summed E-state index contributed by atoms with van der Waals surface area (Å²) in [6.07, 6.45) is -4.92. The number of carbonyl (C=O) groups is 2. The largest absolute Gasteiger partial charge is 0.515 e. The maximum Gasteiger partial charge on any atom is 0.433 e. The number of hydrogen-bond acceptors (Lipinski definition) is 7. The highest BCUT2D eigenvalue weighted by Crippen LogP contribution is 2.30. The SMILES string of the molecule is COC(=O)C(=CO)c1ccccc1C(=O)c1cc(C(F)(F)F)nc(OC(C)C)n1. The van der Waals surface area contributed by atoms with E-state index in [9.17, 15) is 27.9 Å². The van der Waals surface area contributed by atoms with Crippen molar-refractivity contribution >= 4 is 17.3 Å². The van der Waals surface area contributed by atoms with Gasteiger partial charge in [0.25, 0.3) is 0 Å². The molecule has 2 rings (SSSR count). The van der Waals surface area contributed by atoms with Gasteiger partial charge in [-0.1, -0.05) is 24.3 Å². The van der Waals surface area contributed by atoms with E-state index >= 15 is 0 Å². The fourth-order valence-corrected chi connectivity index (χ4v) is 2.35. The third-order valence-corrected chi connectivity index (χ3v) is 3.57. The maximum absolute atomic E-state index is 13.2. The van der Waals surface area contributed by atoms with E-state index in [1.807, 2.05) is 0 Å². The van der Waals surface area contributed by atoms with Gasteiger partial charge in [-0.15, -0.1) is 0 Å². The Morgan fingerprint density at radius 1 is 1.14 bits per heavy atom. The van der Waals surface area contributed by atoms with E-state index in [1.165, 1.54) is 24.3 Å². The number of aromatic nitrogens is 2. The Morgan fingerprint density at radius 2 is 1.76 bits per heavy atom. The van der Waals surface area contributed by atoms with Crippen LogP contribution in [0.5, 0.6) is 6.01 Å². The van der Waals surface area contributed by atoms with Gasteiger partial charge in [0, 0.05) is 11.1 Å². The first-order valence-corrected chi connectivity index (χ1v) is 8.28. The van der Waals surface area contributed by atoms with Crippen LogP contribution in [0.2, 0.25) is 0 Å². The Labute approximate surface area is 163 Å². The molecule has 0 spiro atoms. The summed E-state index contributed by atoms with van der Waals surface area (Å²) in [6.45, 7) is 3.13. The summed E-state index contributed by atoms with van der Waals surface area (Å²) >= 11 is 0. The molecule has 0 saturated carbocycles. The highest BCUT2D eigenvalue weighted by Gasteiger charge is 2.35. The number of ketones is 1. The Kier molecular flexibility index (Phi) is 6.57. The Bertz CT molecular complexity index is 955. The molecule has 0 radical (unpaired) electrons. The van der Waals surface area contributed by atoms with Crippen LogP contribution in [0.3, 0.4) is 0 Å². The van der Waals surface area contributed by atoms with Crippen LogP contribution in [0, 0.1) is 0 Å². The second-order valence-corrected chi connectivity index (χ2v) is 5.99. The minimum absolute atomic E-state index is 0.0367. The standard InChI is InChI=1S/C19H17F3N2O5/c1-10(2)29-18-23-14(8-15(24-18)19(20,21)22)16(26)12-7-5-4-6-11(12)13(9-25)17(27)28-3/h4-10,25H,1-3H3. The number of rotatable bonds is 6. The van der Waals surface area contributed by atoms with Crippen molar-refractivity contribution in [3.05, 3.63) is 59.1 Å². The lowest BCUT2D eigenvalue weighted by molar-refractivity contribution is -0.141. The molecule has 0 fully saturated rings. The first-order chi connectivity index (χ1) is 13.6. The van der Waals surface area contributed by atoms with Crippen molar-refractivity contribution in [3.8, 4) is 6.01 Å². The molecule has 154 valence electrons. The average Bonchev–Trinajstić information content (AvgIpc) is 2.66. The minimum atomic E-state index is -4.84. The number of esters is 1. The number of ether oxygens (including phenoxy) is 2. The van der Waals surface area contributed by atoms with Crippen LogP contribution >= 0.6 is 0 Å². The topological polar surface area (TPSA) is 98.6 Å². The number of hydrogen-bond donors (Lipinski definition) is 1. The molecule has 10 heteroatoms. The van der Waals surface area contributed by atoms with Crippen LogP contribution in [-0.4, -0.2) is 40.0 Å². The summed E-state index contributed by atoms with van der Waals surface area (Å²) in [4.78, 5) is 31.9. The Morgan fingerprint density at radius 3 is 2.28 bits per heavy atom. The van der Waals surface area contributed by atoms with Crippen molar-refractivity contribution in [1.29, 1.82) is 0 Å². The zero-order valence-corrected chi connectivity index (χ0v) is 15.6. The predicted molar refractivity (Wildman–Crippen MR) is 95.3 cm³/mol. The average molecular weight is 410 g/mol. The molecule has 2 aromatic rings. The molecule has 1 heterocycles. The van der Waals surface area contributed by atoms with Gasteiger partial charge in [-0.25, -0.2) is 4.79 Å². The highest BCUT2D eigenvalue weighted by molar-refractivity contribution is 6.21. The molecular formula is C19H17F3N2O5. The van der Waals surface area contributed by atoms with Gasteiger partial charge < -0.3 is 14.6 Å². The zero-order chi connectivity index (χ0) is 21.8. The van der Waals surface area contributed by atoms with E-state index in [4.69, 9.17) is 4.74 Å². The van der Waals surface area contributed by atoms with E-state index in [0.717, 1.165) is 7.11 Å². The molecule has 7 nitrogen and oxygen atoms in total. The van der Waals surface area contributed by atoms with Crippen LogP contribution in [0.1, 0.15) is 41.2 Å². The Hall–Kier alpha value is -3.43. The number of aliphatic hydroxyl groups excluding tert-OH is 1. The number of aliphatic hydroxyl groups is 1. The lowest BCUT2D eigenvalue weighted by Gasteiger charge is -2.14. The van der Waals surface area contributed by atoms with Crippen molar-refractivity contribution in [2.24, 2.45) is 0 Å². The quantitative estimate of drug-likeness (QED) is 0.336. The summed E-state index contributed by atoms with van der Waals surface area (Å²) in [5.74, 6) is -1.86. The van der Waals surface area contributed by atoms with Crippen LogP contribution in [0.4, 0.5) is 13.2 Å². The predicted octanol–water partition coefficient (Wildman–Crippen LogP) is 3.59. The zero-order valence-electron chi connectivity index (χ0n) is 15.6. The fourth-order valence-electron chi connectivity index (χ4n) is 2.35. The van der Waals surface area contributed by atoms with Crippen molar-refractivity contribution in [2.45, 2.75) is 26.1 Å². The van der Waals surface area contributed by atoms with Gasteiger partial charge in [0.1, 0.15) is 11.3 Å². The van der Waals surface area contributed by atoms with Gasteiger partial charge in [-0.3, -0.25) is 4.79 Å². The third-order valence-electron chi connectivity index (χ3n) is 3.57. The molecule has 0 amide bonds. The highest BCUT2D eigenvalue weighted by atomic mass is 19.4. The number of methoxy groups -OCH3 is 1. The molecule has 0 atom stereocenters. The molecule has 0 bridgehead atoms. The number of alkyl halides is 3. The van der Waals surface area contributed by atoms with Crippen molar-refractivity contribution in [3.63, 3.8) is 0 Å². The van der Waals surface area contributed by atoms with Crippen LogP contribution in [-0.2, 0) is 15.7 Å². The van der Waals surface area contributed by atoms with Gasteiger partial charge in [-0.2, -0.15) is 23.1 Å². The van der Waals surface area contributed by atoms with Crippen LogP contribution in [0.25, 0.3) is 5.57 Å². The maximum atomic E-state index is 13.2. The van der Waals surface area contributed by atoms with Crippen molar-refractivity contribution in [2.75, 3.05) is 7.11 Å². The third kappa shape index (κ3) is 5.09. The summed E-state index contributed by atoms with van der Waals surface area (Å²) in [7, 11) is 1.08. The van der Waals surface area contributed by atoms with E-state index in [0.29, 0.717) is 12.3 Å². The summed E-state index contributed by atoms with van der Waals surface area (Å²) in [5, 5.41) is 9.38. The normalized spacial score (nSPS) is 12.0. The Balaban J connectivity index is 2.62. The number of halogens is 3. The van der Waals surface area contributed by atoms with Crippen LogP contribution < -0.4 is 4.74 Å².